The average molecular weight is 460 g/mol. The number of para-hydroxylation sites is 1. The van der Waals surface area contributed by atoms with Crippen LogP contribution in [0.2, 0.25) is 0 Å². The van der Waals surface area contributed by atoms with Crippen LogP contribution in [0.3, 0.4) is 0 Å². The van der Waals surface area contributed by atoms with Gasteiger partial charge in [-0.15, -0.1) is 0 Å². The molecule has 8 nitrogen and oxygen atoms in total. The molecule has 1 aliphatic heterocycles. The number of carbonyl (C=O) groups is 2. The molecule has 3 rings (SSSR count). The van der Waals surface area contributed by atoms with Crippen LogP contribution in [0.25, 0.3) is 0 Å². The second-order valence-electron chi connectivity index (χ2n) is 8.34. The number of aryl methyl sites for hydroxylation is 1. The molecule has 2 aromatic rings. The largest absolute Gasteiger partial charge is 0.478 e. The van der Waals surface area contributed by atoms with E-state index < -0.39 is 22.0 Å². The fourth-order valence-electron chi connectivity index (χ4n) is 3.41. The molecule has 32 heavy (non-hydrogen) atoms. The van der Waals surface area contributed by atoms with Crippen LogP contribution in [0.1, 0.15) is 36.2 Å². The summed E-state index contributed by atoms with van der Waals surface area (Å²) in [4.78, 5) is 25.6. The van der Waals surface area contributed by atoms with E-state index in [1.807, 2.05) is 20.8 Å². The normalized spacial score (nSPS) is 16.0. The van der Waals surface area contributed by atoms with Crippen LogP contribution in [0, 0.1) is 12.8 Å². The fraction of sp³-hybridized carbons (Fsp3) is 0.391. The van der Waals surface area contributed by atoms with Crippen LogP contribution in [0.5, 0.6) is 5.75 Å². The summed E-state index contributed by atoms with van der Waals surface area (Å²) < 4.78 is 31.9. The first-order chi connectivity index (χ1) is 15.1. The zero-order valence-corrected chi connectivity index (χ0v) is 19.5. The lowest BCUT2D eigenvalue weighted by Crippen LogP contribution is -2.36. The third-order valence-corrected chi connectivity index (χ3v) is 6.22. The van der Waals surface area contributed by atoms with Crippen LogP contribution in [0.4, 0.5) is 11.4 Å². The average Bonchev–Trinajstić information content (AvgIpc) is 2.91. The van der Waals surface area contributed by atoms with Crippen LogP contribution in [-0.2, 0) is 14.8 Å². The molecule has 0 saturated heterocycles. The van der Waals surface area contributed by atoms with Gasteiger partial charge < -0.3 is 15.4 Å². The zero-order chi connectivity index (χ0) is 23.5. The van der Waals surface area contributed by atoms with Crippen molar-refractivity contribution < 1.29 is 22.7 Å². The molecule has 172 valence electrons. The maximum absolute atomic E-state index is 13.1. The number of sulfonamides is 1. The standard InChI is InChI=1S/C23H29N3O5S/c1-15(2)14-24-22(27)17-7-5-6-8-18(17)25-23(28)21-11-12-26(32(4,29)30)19-13-16(3)9-10-20(19)31-21/h5-10,13,15,21H,11-12,14H2,1-4H3,(H,24,27)(H,25,28)/t21-/m1/s1. The van der Waals surface area contributed by atoms with Gasteiger partial charge in [0.25, 0.3) is 11.8 Å². The van der Waals surface area contributed by atoms with Crippen LogP contribution in [0.15, 0.2) is 42.5 Å². The van der Waals surface area contributed by atoms with Crippen molar-refractivity contribution in [3.8, 4) is 5.75 Å². The summed E-state index contributed by atoms with van der Waals surface area (Å²) in [5.41, 5.74) is 2.01. The molecule has 0 spiro atoms. The SMILES string of the molecule is Cc1ccc2c(c1)N(S(C)(=O)=O)CC[C@H](C(=O)Nc1ccccc1C(=O)NCC(C)C)O2. The Hall–Kier alpha value is -3.07. The minimum absolute atomic E-state index is 0.101. The number of ether oxygens (including phenoxy) is 1. The van der Waals surface area contributed by atoms with Crippen molar-refractivity contribution in [1.82, 2.24) is 5.32 Å². The molecule has 1 atom stereocenters. The highest BCUT2D eigenvalue weighted by Crippen LogP contribution is 2.35. The lowest BCUT2D eigenvalue weighted by atomic mass is 10.1. The Morgan fingerprint density at radius 1 is 1.19 bits per heavy atom. The fourth-order valence-corrected chi connectivity index (χ4v) is 4.35. The lowest BCUT2D eigenvalue weighted by Gasteiger charge is -2.21. The van der Waals surface area contributed by atoms with Crippen molar-refractivity contribution in [2.24, 2.45) is 5.92 Å². The molecule has 2 N–H and O–H groups in total. The topological polar surface area (TPSA) is 105 Å². The first-order valence-corrected chi connectivity index (χ1v) is 12.3. The summed E-state index contributed by atoms with van der Waals surface area (Å²) in [5, 5.41) is 5.63. The molecule has 2 amide bonds. The number of hydrogen-bond donors (Lipinski definition) is 2. The van der Waals surface area contributed by atoms with E-state index in [0.717, 1.165) is 11.8 Å². The van der Waals surface area contributed by atoms with E-state index >= 15 is 0 Å². The van der Waals surface area contributed by atoms with E-state index in [-0.39, 0.29) is 18.9 Å². The monoisotopic (exact) mass is 459 g/mol. The minimum Gasteiger partial charge on any atom is -0.478 e. The Kier molecular flexibility index (Phi) is 7.08. The second kappa shape index (κ2) is 9.60. The molecule has 0 fully saturated rings. The maximum atomic E-state index is 13.1. The number of rotatable bonds is 6. The van der Waals surface area contributed by atoms with Gasteiger partial charge in [-0.3, -0.25) is 13.9 Å². The van der Waals surface area contributed by atoms with Gasteiger partial charge in [-0.2, -0.15) is 0 Å². The summed E-state index contributed by atoms with van der Waals surface area (Å²) in [5.74, 6) is -0.111. The number of nitrogens with zero attached hydrogens (tertiary/aromatic N) is 1. The summed E-state index contributed by atoms with van der Waals surface area (Å²) in [6.07, 6.45) is 0.370. The molecule has 1 heterocycles. The number of amides is 2. The highest BCUT2D eigenvalue weighted by molar-refractivity contribution is 7.92. The number of nitrogens with one attached hydrogen (secondary N) is 2. The number of carbonyl (C=O) groups excluding carboxylic acids is 2. The summed E-state index contributed by atoms with van der Waals surface area (Å²) in [7, 11) is -3.55. The van der Waals surface area contributed by atoms with E-state index in [2.05, 4.69) is 10.6 Å². The molecule has 0 aromatic heterocycles. The van der Waals surface area contributed by atoms with Gasteiger partial charge in [0, 0.05) is 19.5 Å². The molecule has 1 aliphatic rings. The maximum Gasteiger partial charge on any atom is 0.265 e. The molecule has 2 aromatic carbocycles. The highest BCUT2D eigenvalue weighted by Gasteiger charge is 2.31. The van der Waals surface area contributed by atoms with E-state index in [1.54, 1.807) is 42.5 Å². The smallest absolute Gasteiger partial charge is 0.265 e. The molecular formula is C23H29N3O5S. The van der Waals surface area contributed by atoms with E-state index in [1.165, 1.54) is 4.31 Å². The number of benzene rings is 2. The lowest BCUT2D eigenvalue weighted by molar-refractivity contribution is -0.122. The minimum atomic E-state index is -3.55. The number of fused-ring (bicyclic) bond motifs is 1. The first kappa shape index (κ1) is 23.6. The van der Waals surface area contributed by atoms with Gasteiger partial charge >= 0.3 is 0 Å². The van der Waals surface area contributed by atoms with Crippen molar-refractivity contribution in [3.63, 3.8) is 0 Å². The van der Waals surface area contributed by atoms with Crippen molar-refractivity contribution in [1.29, 1.82) is 0 Å². The summed E-state index contributed by atoms with van der Waals surface area (Å²) in [6, 6.07) is 11.9. The van der Waals surface area contributed by atoms with E-state index in [4.69, 9.17) is 4.74 Å². The van der Waals surface area contributed by atoms with Gasteiger partial charge in [-0.05, 0) is 42.7 Å². The van der Waals surface area contributed by atoms with Crippen LogP contribution in [-0.4, -0.2) is 45.7 Å². The van der Waals surface area contributed by atoms with E-state index in [0.29, 0.717) is 35.2 Å². The number of anilines is 2. The third kappa shape index (κ3) is 5.59. The third-order valence-electron chi connectivity index (χ3n) is 5.04. The van der Waals surface area contributed by atoms with Crippen molar-refractivity contribution in [2.45, 2.75) is 33.3 Å². The van der Waals surface area contributed by atoms with Crippen molar-refractivity contribution >= 4 is 33.2 Å². The summed E-state index contributed by atoms with van der Waals surface area (Å²) in [6.45, 7) is 6.47. The quantitative estimate of drug-likeness (QED) is 0.691. The van der Waals surface area contributed by atoms with Gasteiger partial charge in [0.05, 0.1) is 23.2 Å². The molecule has 0 radical (unpaired) electrons. The van der Waals surface area contributed by atoms with Gasteiger partial charge in [-0.1, -0.05) is 32.0 Å². The Labute approximate surface area is 189 Å². The van der Waals surface area contributed by atoms with Gasteiger partial charge in [0.15, 0.2) is 6.10 Å². The molecule has 0 unspecified atom stereocenters. The first-order valence-electron chi connectivity index (χ1n) is 10.5. The Morgan fingerprint density at radius 3 is 2.59 bits per heavy atom. The highest BCUT2D eigenvalue weighted by atomic mass is 32.2. The molecule has 0 aliphatic carbocycles. The zero-order valence-electron chi connectivity index (χ0n) is 18.7. The molecule has 9 heteroatoms. The van der Waals surface area contributed by atoms with Crippen molar-refractivity contribution in [2.75, 3.05) is 29.0 Å². The predicted molar refractivity (Wildman–Crippen MR) is 125 cm³/mol. The van der Waals surface area contributed by atoms with Crippen LogP contribution < -0.4 is 19.7 Å². The summed E-state index contributed by atoms with van der Waals surface area (Å²) >= 11 is 0. The molecule has 0 saturated carbocycles. The van der Waals surface area contributed by atoms with E-state index in [9.17, 15) is 18.0 Å². The molecule has 0 bridgehead atoms. The van der Waals surface area contributed by atoms with Gasteiger partial charge in [-0.25, -0.2) is 8.42 Å². The molecular weight excluding hydrogens is 430 g/mol. The van der Waals surface area contributed by atoms with Gasteiger partial charge in [0.2, 0.25) is 10.0 Å². The Balaban J connectivity index is 1.83. The Morgan fingerprint density at radius 2 is 1.91 bits per heavy atom. The predicted octanol–water partition coefficient (Wildman–Crippen LogP) is 2.94. The van der Waals surface area contributed by atoms with Crippen LogP contribution >= 0.6 is 0 Å². The van der Waals surface area contributed by atoms with Crippen molar-refractivity contribution in [3.05, 3.63) is 53.6 Å². The number of hydrogen-bond acceptors (Lipinski definition) is 5. The Bertz CT molecular complexity index is 1110. The second-order valence-corrected chi connectivity index (χ2v) is 10.2. The van der Waals surface area contributed by atoms with Gasteiger partial charge in [0.1, 0.15) is 5.75 Å².